The minimum absolute atomic E-state index is 0.00676. The highest BCUT2D eigenvalue weighted by Gasteiger charge is 2.45. The number of carbonyl (C=O) groups is 2. The van der Waals surface area contributed by atoms with E-state index in [2.05, 4.69) is 0 Å². The summed E-state index contributed by atoms with van der Waals surface area (Å²) in [6.07, 6.45) is 3.08. The molecule has 2 aromatic carbocycles. The quantitative estimate of drug-likeness (QED) is 0.644. The standard InChI is InChI=1S/C26H32N2O6/c1-27-24(16-9-10-19(31-2)20(13-16)32-3)23(26(30)28-11-7-6-8-12-28)17-14-21(33-4)22(34-5)15-18(17)25(27)29/h9-10,13-15,23-24H,6-8,11-12H2,1-5H3/t23-,24+/m1/s1. The molecule has 182 valence electrons. The Balaban J connectivity index is 1.91. The summed E-state index contributed by atoms with van der Waals surface area (Å²) in [4.78, 5) is 31.1. The van der Waals surface area contributed by atoms with E-state index in [0.717, 1.165) is 24.8 Å². The van der Waals surface area contributed by atoms with Gasteiger partial charge in [0.2, 0.25) is 5.91 Å². The maximum Gasteiger partial charge on any atom is 0.254 e. The van der Waals surface area contributed by atoms with Crippen LogP contribution in [0.4, 0.5) is 0 Å². The number of nitrogens with zero attached hydrogens (tertiary/aromatic N) is 2. The minimum atomic E-state index is -0.603. The Kier molecular flexibility index (Phi) is 6.86. The van der Waals surface area contributed by atoms with E-state index < -0.39 is 12.0 Å². The highest BCUT2D eigenvalue weighted by molar-refractivity contribution is 6.02. The Morgan fingerprint density at radius 1 is 0.824 bits per heavy atom. The highest BCUT2D eigenvalue weighted by atomic mass is 16.5. The summed E-state index contributed by atoms with van der Waals surface area (Å²) in [7, 11) is 7.96. The smallest absolute Gasteiger partial charge is 0.254 e. The molecule has 0 N–H and O–H groups in total. The Hall–Kier alpha value is -3.42. The van der Waals surface area contributed by atoms with Crippen molar-refractivity contribution in [1.29, 1.82) is 0 Å². The number of likely N-dealkylation sites (N-methyl/N-ethyl adjacent to an activating group) is 1. The van der Waals surface area contributed by atoms with Crippen LogP contribution in [0.1, 0.15) is 52.7 Å². The fourth-order valence-electron chi connectivity index (χ4n) is 5.08. The van der Waals surface area contributed by atoms with Crippen molar-refractivity contribution in [2.75, 3.05) is 48.6 Å². The predicted molar refractivity (Wildman–Crippen MR) is 127 cm³/mol. The van der Waals surface area contributed by atoms with Crippen LogP contribution in [-0.4, -0.2) is 70.2 Å². The molecule has 34 heavy (non-hydrogen) atoms. The molecule has 2 heterocycles. The maximum atomic E-state index is 14.0. The van der Waals surface area contributed by atoms with Gasteiger partial charge in [-0.3, -0.25) is 9.59 Å². The number of piperidine rings is 1. The number of hydrogen-bond donors (Lipinski definition) is 0. The van der Waals surface area contributed by atoms with Crippen LogP contribution in [0.3, 0.4) is 0 Å². The summed E-state index contributed by atoms with van der Waals surface area (Å²) in [5, 5.41) is 0. The van der Waals surface area contributed by atoms with E-state index in [0.29, 0.717) is 47.2 Å². The number of carbonyl (C=O) groups excluding carboxylic acids is 2. The third-order valence-electron chi connectivity index (χ3n) is 6.86. The molecule has 0 radical (unpaired) electrons. The van der Waals surface area contributed by atoms with Crippen molar-refractivity contribution in [2.24, 2.45) is 0 Å². The van der Waals surface area contributed by atoms with E-state index >= 15 is 0 Å². The molecule has 0 bridgehead atoms. The molecule has 1 saturated heterocycles. The van der Waals surface area contributed by atoms with Crippen LogP contribution >= 0.6 is 0 Å². The molecule has 4 rings (SSSR count). The molecule has 2 amide bonds. The van der Waals surface area contributed by atoms with E-state index in [1.165, 1.54) is 7.11 Å². The van der Waals surface area contributed by atoms with Gasteiger partial charge in [-0.2, -0.15) is 0 Å². The first kappa shape index (κ1) is 23.7. The average Bonchev–Trinajstić information content (AvgIpc) is 2.89. The lowest BCUT2D eigenvalue weighted by Gasteiger charge is -2.42. The van der Waals surface area contributed by atoms with Gasteiger partial charge in [0.1, 0.15) is 0 Å². The Morgan fingerprint density at radius 3 is 2.03 bits per heavy atom. The first-order valence-electron chi connectivity index (χ1n) is 11.5. The molecular formula is C26H32N2O6. The van der Waals surface area contributed by atoms with Crippen LogP contribution in [0, 0.1) is 0 Å². The van der Waals surface area contributed by atoms with Gasteiger partial charge in [-0.05, 0) is 54.7 Å². The van der Waals surface area contributed by atoms with Crippen molar-refractivity contribution in [3.63, 3.8) is 0 Å². The number of amides is 2. The SMILES string of the molecule is COc1ccc([C@H]2[C@H](C(=O)N3CCCCC3)c3cc(OC)c(OC)cc3C(=O)N2C)cc1OC. The molecule has 0 saturated carbocycles. The molecule has 8 heteroatoms. The number of rotatable bonds is 6. The van der Waals surface area contributed by atoms with Gasteiger partial charge in [-0.1, -0.05) is 6.07 Å². The maximum absolute atomic E-state index is 14.0. The molecule has 8 nitrogen and oxygen atoms in total. The van der Waals surface area contributed by atoms with Crippen molar-refractivity contribution in [3.05, 3.63) is 47.0 Å². The molecular weight excluding hydrogens is 436 g/mol. The second kappa shape index (κ2) is 9.83. The number of ether oxygens (including phenoxy) is 4. The third-order valence-corrected chi connectivity index (χ3v) is 6.86. The number of hydrogen-bond acceptors (Lipinski definition) is 6. The van der Waals surface area contributed by atoms with Crippen molar-refractivity contribution < 1.29 is 28.5 Å². The molecule has 0 unspecified atom stereocenters. The third kappa shape index (κ3) is 4.02. The zero-order valence-electron chi connectivity index (χ0n) is 20.4. The Bertz CT molecular complexity index is 1080. The lowest BCUT2D eigenvalue weighted by Crippen LogP contribution is -2.48. The van der Waals surface area contributed by atoms with Gasteiger partial charge >= 0.3 is 0 Å². The molecule has 2 aromatic rings. The Labute approximate surface area is 200 Å². The van der Waals surface area contributed by atoms with Gasteiger partial charge in [0.15, 0.2) is 23.0 Å². The van der Waals surface area contributed by atoms with Gasteiger partial charge in [0.25, 0.3) is 5.91 Å². The molecule has 1 fully saturated rings. The second-order valence-electron chi connectivity index (χ2n) is 8.63. The molecule has 0 aromatic heterocycles. The summed E-state index contributed by atoms with van der Waals surface area (Å²) in [5.41, 5.74) is 1.90. The normalized spacial score (nSPS) is 20.0. The number of likely N-dealkylation sites (tertiary alicyclic amines) is 1. The van der Waals surface area contributed by atoms with Crippen molar-refractivity contribution in [3.8, 4) is 23.0 Å². The number of methoxy groups -OCH3 is 4. The molecule has 2 aliphatic heterocycles. The van der Waals surface area contributed by atoms with E-state index in [1.54, 1.807) is 51.5 Å². The highest BCUT2D eigenvalue weighted by Crippen LogP contribution is 2.47. The van der Waals surface area contributed by atoms with E-state index in [-0.39, 0.29) is 11.8 Å². The second-order valence-corrected chi connectivity index (χ2v) is 8.63. The zero-order valence-corrected chi connectivity index (χ0v) is 20.4. The van der Waals surface area contributed by atoms with Gasteiger partial charge in [0.05, 0.1) is 40.4 Å². The molecule has 0 aliphatic carbocycles. The summed E-state index contributed by atoms with van der Waals surface area (Å²) in [6.45, 7) is 1.43. The van der Waals surface area contributed by atoms with E-state index in [4.69, 9.17) is 18.9 Å². The Morgan fingerprint density at radius 2 is 1.41 bits per heavy atom. The zero-order chi connectivity index (χ0) is 24.4. The number of benzene rings is 2. The lowest BCUT2D eigenvalue weighted by atomic mass is 9.78. The van der Waals surface area contributed by atoms with Crippen molar-refractivity contribution in [2.45, 2.75) is 31.2 Å². The fourth-order valence-corrected chi connectivity index (χ4v) is 5.08. The van der Waals surface area contributed by atoms with Crippen LogP contribution in [0.15, 0.2) is 30.3 Å². The monoisotopic (exact) mass is 468 g/mol. The predicted octanol–water partition coefficient (Wildman–Crippen LogP) is 3.64. The van der Waals surface area contributed by atoms with Gasteiger partial charge < -0.3 is 28.7 Å². The van der Waals surface area contributed by atoms with Crippen molar-refractivity contribution in [1.82, 2.24) is 9.80 Å². The van der Waals surface area contributed by atoms with Crippen molar-refractivity contribution >= 4 is 11.8 Å². The van der Waals surface area contributed by atoms with Gasteiger partial charge in [0, 0.05) is 25.7 Å². The first-order chi connectivity index (χ1) is 16.4. The van der Waals surface area contributed by atoms with Crippen LogP contribution in [-0.2, 0) is 4.79 Å². The lowest BCUT2D eigenvalue weighted by molar-refractivity contribution is -0.135. The summed E-state index contributed by atoms with van der Waals surface area (Å²) in [5.74, 6) is 1.29. The summed E-state index contributed by atoms with van der Waals surface area (Å²) < 4.78 is 21.9. The van der Waals surface area contributed by atoms with Crippen LogP contribution < -0.4 is 18.9 Å². The topological polar surface area (TPSA) is 77.5 Å². The van der Waals surface area contributed by atoms with E-state index in [1.807, 2.05) is 17.0 Å². The summed E-state index contributed by atoms with van der Waals surface area (Å²) in [6, 6.07) is 8.47. The van der Waals surface area contributed by atoms with E-state index in [9.17, 15) is 9.59 Å². The average molecular weight is 469 g/mol. The minimum Gasteiger partial charge on any atom is -0.493 e. The molecule has 2 aliphatic rings. The van der Waals surface area contributed by atoms with Crippen LogP contribution in [0.5, 0.6) is 23.0 Å². The molecule has 0 spiro atoms. The largest absolute Gasteiger partial charge is 0.493 e. The first-order valence-corrected chi connectivity index (χ1v) is 11.5. The van der Waals surface area contributed by atoms with Crippen LogP contribution in [0.25, 0.3) is 0 Å². The van der Waals surface area contributed by atoms with Crippen LogP contribution in [0.2, 0.25) is 0 Å². The van der Waals surface area contributed by atoms with Gasteiger partial charge in [-0.25, -0.2) is 0 Å². The summed E-state index contributed by atoms with van der Waals surface area (Å²) >= 11 is 0. The fraction of sp³-hybridized carbons (Fsp3) is 0.462. The van der Waals surface area contributed by atoms with Gasteiger partial charge in [-0.15, -0.1) is 0 Å². The molecule has 2 atom stereocenters. The number of fused-ring (bicyclic) bond motifs is 1.